The fourth-order valence-corrected chi connectivity index (χ4v) is 2.55. The van der Waals surface area contributed by atoms with Crippen LogP contribution in [0, 0.1) is 5.41 Å². The molecule has 2 heterocycles. The van der Waals surface area contributed by atoms with Crippen molar-refractivity contribution in [1.82, 2.24) is 15.0 Å². The molecular formula is C20H22N4O4. The van der Waals surface area contributed by atoms with Gasteiger partial charge in [0.25, 0.3) is 5.56 Å². The van der Waals surface area contributed by atoms with Crippen LogP contribution >= 0.6 is 0 Å². The molecule has 0 unspecified atom stereocenters. The highest BCUT2D eigenvalue weighted by molar-refractivity contribution is 5.93. The lowest BCUT2D eigenvalue weighted by atomic mass is 9.96. The molecule has 0 spiro atoms. The molecule has 0 bridgehead atoms. The molecule has 2 N–H and O–H groups in total. The number of rotatable bonds is 4. The first-order valence-corrected chi connectivity index (χ1v) is 8.67. The van der Waals surface area contributed by atoms with E-state index in [1.54, 1.807) is 59.4 Å². The first kappa shape index (κ1) is 19.3. The summed E-state index contributed by atoms with van der Waals surface area (Å²) in [6, 6.07) is 7.14. The zero-order valence-corrected chi connectivity index (χ0v) is 16.4. The average molecular weight is 382 g/mol. The first-order chi connectivity index (χ1) is 13.2. The first-order valence-electron chi connectivity index (χ1n) is 8.67. The van der Waals surface area contributed by atoms with E-state index in [1.807, 2.05) is 6.07 Å². The summed E-state index contributed by atoms with van der Waals surface area (Å²) in [5.41, 5.74) is 0.795. The summed E-state index contributed by atoms with van der Waals surface area (Å²) in [7, 11) is 3.12. The van der Waals surface area contributed by atoms with Crippen LogP contribution in [-0.4, -0.2) is 35.1 Å². The molecular weight excluding hydrogens is 360 g/mol. The van der Waals surface area contributed by atoms with Gasteiger partial charge in [-0.1, -0.05) is 26.8 Å². The van der Waals surface area contributed by atoms with Crippen LogP contribution in [0.25, 0.3) is 22.2 Å². The molecule has 8 nitrogen and oxygen atoms in total. The van der Waals surface area contributed by atoms with Gasteiger partial charge in [-0.2, -0.15) is 4.98 Å². The molecule has 0 radical (unpaired) electrons. The molecule has 0 aliphatic heterocycles. The molecule has 146 valence electrons. The number of pyridine rings is 1. The summed E-state index contributed by atoms with van der Waals surface area (Å²) in [6.07, 6.45) is 1.62. The Morgan fingerprint density at radius 2 is 1.79 bits per heavy atom. The van der Waals surface area contributed by atoms with Gasteiger partial charge < -0.3 is 9.47 Å². The molecule has 28 heavy (non-hydrogen) atoms. The van der Waals surface area contributed by atoms with E-state index in [9.17, 15) is 9.59 Å². The van der Waals surface area contributed by atoms with E-state index in [2.05, 4.69) is 20.3 Å². The maximum Gasteiger partial charge on any atom is 0.261 e. The smallest absolute Gasteiger partial charge is 0.261 e. The SMILES string of the molecule is COc1ccc(-c2cnc3nc(NC(=O)C(C)(C)C)[nH]c(=O)c3c2)cc1OC. The number of anilines is 1. The van der Waals surface area contributed by atoms with Gasteiger partial charge in [-0.15, -0.1) is 0 Å². The van der Waals surface area contributed by atoms with E-state index in [-0.39, 0.29) is 23.1 Å². The normalized spacial score (nSPS) is 11.3. The molecule has 2 aromatic heterocycles. The number of carbonyl (C=O) groups excluding carboxylic acids is 1. The molecule has 3 rings (SSSR count). The topological polar surface area (TPSA) is 106 Å². The van der Waals surface area contributed by atoms with E-state index in [0.717, 1.165) is 11.1 Å². The number of methoxy groups -OCH3 is 2. The molecule has 0 saturated carbocycles. The summed E-state index contributed by atoms with van der Waals surface area (Å²) < 4.78 is 10.6. The van der Waals surface area contributed by atoms with Crippen LogP contribution in [0.2, 0.25) is 0 Å². The lowest BCUT2D eigenvalue weighted by molar-refractivity contribution is -0.123. The van der Waals surface area contributed by atoms with Gasteiger partial charge in [-0.3, -0.25) is 19.9 Å². The zero-order chi connectivity index (χ0) is 20.5. The number of amides is 1. The second-order valence-electron chi connectivity index (χ2n) is 7.28. The maximum absolute atomic E-state index is 12.5. The highest BCUT2D eigenvalue weighted by Gasteiger charge is 2.22. The van der Waals surface area contributed by atoms with Crippen LogP contribution in [0.15, 0.2) is 35.3 Å². The summed E-state index contributed by atoms with van der Waals surface area (Å²) in [6.45, 7) is 5.32. The second kappa shape index (κ2) is 7.30. The third kappa shape index (κ3) is 3.80. The van der Waals surface area contributed by atoms with Crippen molar-refractivity contribution < 1.29 is 14.3 Å². The number of fused-ring (bicyclic) bond motifs is 1. The van der Waals surface area contributed by atoms with Crippen molar-refractivity contribution in [3.05, 3.63) is 40.8 Å². The molecule has 0 saturated heterocycles. The quantitative estimate of drug-likeness (QED) is 0.718. The third-order valence-corrected chi connectivity index (χ3v) is 4.19. The minimum Gasteiger partial charge on any atom is -0.493 e. The number of nitrogens with zero attached hydrogens (tertiary/aromatic N) is 2. The summed E-state index contributed by atoms with van der Waals surface area (Å²) in [5.74, 6) is 1.01. The highest BCUT2D eigenvalue weighted by Crippen LogP contribution is 2.32. The number of hydrogen-bond donors (Lipinski definition) is 2. The molecule has 3 aromatic rings. The van der Waals surface area contributed by atoms with Crippen LogP contribution < -0.4 is 20.3 Å². The van der Waals surface area contributed by atoms with Crippen molar-refractivity contribution in [3.63, 3.8) is 0 Å². The van der Waals surface area contributed by atoms with Crippen LogP contribution in [0.4, 0.5) is 5.95 Å². The largest absolute Gasteiger partial charge is 0.493 e. The Morgan fingerprint density at radius 3 is 2.43 bits per heavy atom. The Hall–Kier alpha value is -3.42. The minimum atomic E-state index is -0.613. The third-order valence-electron chi connectivity index (χ3n) is 4.19. The predicted octanol–water partition coefficient (Wildman–Crippen LogP) is 2.99. The van der Waals surface area contributed by atoms with E-state index >= 15 is 0 Å². The van der Waals surface area contributed by atoms with E-state index in [0.29, 0.717) is 16.9 Å². The molecule has 8 heteroatoms. The van der Waals surface area contributed by atoms with Gasteiger partial charge in [0.2, 0.25) is 11.9 Å². The number of aromatic amines is 1. The fourth-order valence-electron chi connectivity index (χ4n) is 2.55. The predicted molar refractivity (Wildman–Crippen MR) is 107 cm³/mol. The Morgan fingerprint density at radius 1 is 1.07 bits per heavy atom. The summed E-state index contributed by atoms with van der Waals surface area (Å²) >= 11 is 0. The van der Waals surface area contributed by atoms with Crippen molar-refractivity contribution in [2.24, 2.45) is 5.41 Å². The lowest BCUT2D eigenvalue weighted by Crippen LogP contribution is -2.29. The maximum atomic E-state index is 12.5. The number of hydrogen-bond acceptors (Lipinski definition) is 6. The fraction of sp³-hybridized carbons (Fsp3) is 0.300. The van der Waals surface area contributed by atoms with Gasteiger partial charge >= 0.3 is 0 Å². The van der Waals surface area contributed by atoms with Gasteiger partial charge in [-0.25, -0.2) is 4.98 Å². The standard InChI is InChI=1S/C20H22N4O4/c1-20(2,3)18(26)24-19-22-16-13(17(25)23-19)8-12(10-21-16)11-6-7-14(27-4)15(9-11)28-5/h6-10H,1-5H3,(H2,21,22,23,24,25,26). The van der Waals surface area contributed by atoms with Gasteiger partial charge in [-0.05, 0) is 23.8 Å². The Balaban J connectivity index is 2.01. The van der Waals surface area contributed by atoms with E-state index in [1.165, 1.54) is 0 Å². The van der Waals surface area contributed by atoms with Crippen LogP contribution in [0.3, 0.4) is 0 Å². The van der Waals surface area contributed by atoms with Crippen LogP contribution in [0.1, 0.15) is 20.8 Å². The molecule has 0 fully saturated rings. The zero-order valence-electron chi connectivity index (χ0n) is 16.4. The van der Waals surface area contributed by atoms with Gasteiger partial charge in [0.05, 0.1) is 19.6 Å². The number of benzene rings is 1. The highest BCUT2D eigenvalue weighted by atomic mass is 16.5. The summed E-state index contributed by atoms with van der Waals surface area (Å²) in [5, 5.41) is 2.93. The van der Waals surface area contributed by atoms with Gasteiger partial charge in [0.15, 0.2) is 17.1 Å². The van der Waals surface area contributed by atoms with Gasteiger partial charge in [0, 0.05) is 17.2 Å². The Kier molecular flexibility index (Phi) is 5.04. The molecule has 0 atom stereocenters. The Labute approximate surface area is 161 Å². The second-order valence-corrected chi connectivity index (χ2v) is 7.28. The number of aromatic nitrogens is 3. The van der Waals surface area contributed by atoms with Crippen molar-refractivity contribution in [2.75, 3.05) is 19.5 Å². The van der Waals surface area contributed by atoms with Crippen molar-refractivity contribution in [1.29, 1.82) is 0 Å². The number of carbonyl (C=O) groups is 1. The summed E-state index contributed by atoms with van der Waals surface area (Å²) in [4.78, 5) is 35.7. The van der Waals surface area contributed by atoms with E-state index < -0.39 is 5.41 Å². The average Bonchev–Trinajstić information content (AvgIpc) is 2.66. The number of ether oxygens (including phenoxy) is 2. The molecule has 0 aliphatic rings. The van der Waals surface area contributed by atoms with Crippen molar-refractivity contribution in [3.8, 4) is 22.6 Å². The minimum absolute atomic E-state index is 0.0730. The molecule has 0 aliphatic carbocycles. The van der Waals surface area contributed by atoms with Crippen LogP contribution in [0.5, 0.6) is 11.5 Å². The lowest BCUT2D eigenvalue weighted by Gasteiger charge is -2.16. The molecule has 1 amide bonds. The Bertz CT molecular complexity index is 1100. The molecule has 1 aromatic carbocycles. The number of H-pyrrole nitrogens is 1. The van der Waals surface area contributed by atoms with Crippen LogP contribution in [-0.2, 0) is 4.79 Å². The van der Waals surface area contributed by atoms with Crippen molar-refractivity contribution in [2.45, 2.75) is 20.8 Å². The van der Waals surface area contributed by atoms with E-state index in [4.69, 9.17) is 9.47 Å². The van der Waals surface area contributed by atoms with Crippen molar-refractivity contribution >= 4 is 22.9 Å². The monoisotopic (exact) mass is 382 g/mol. The van der Waals surface area contributed by atoms with Gasteiger partial charge in [0.1, 0.15) is 0 Å². The number of nitrogens with one attached hydrogen (secondary N) is 2.